The topological polar surface area (TPSA) is 25.8 Å². The van der Waals surface area contributed by atoms with Crippen LogP contribution in [0.25, 0.3) is 88.8 Å². The summed E-state index contributed by atoms with van der Waals surface area (Å²) in [4.78, 5) is 10.7. The van der Waals surface area contributed by atoms with Gasteiger partial charge in [-0.05, 0) is 103 Å². The number of hydrogen-bond acceptors (Lipinski definition) is 2. The third-order valence-electron chi connectivity index (χ3n) is 12.7. The van der Waals surface area contributed by atoms with Crippen LogP contribution >= 0.6 is 0 Å². The van der Waals surface area contributed by atoms with Crippen LogP contribution in [0.1, 0.15) is 49.9 Å². The summed E-state index contributed by atoms with van der Waals surface area (Å²) in [6.45, 7) is 9.40. The smallest absolute Gasteiger partial charge is 0.0972 e. The molecule has 7 aromatic carbocycles. The van der Waals surface area contributed by atoms with Crippen molar-refractivity contribution in [3.63, 3.8) is 0 Å². The summed E-state index contributed by atoms with van der Waals surface area (Å²) in [7, 11) is 0. The Balaban J connectivity index is 0.965. The van der Waals surface area contributed by atoms with E-state index in [0.717, 1.165) is 44.3 Å². The van der Waals surface area contributed by atoms with Crippen molar-refractivity contribution in [3.05, 3.63) is 192 Å². The lowest BCUT2D eigenvalue weighted by Gasteiger charge is -2.22. The van der Waals surface area contributed by atoms with Gasteiger partial charge < -0.3 is 0 Å². The van der Waals surface area contributed by atoms with Crippen LogP contribution in [0, 0.1) is 0 Å². The van der Waals surface area contributed by atoms with E-state index in [-0.39, 0.29) is 10.8 Å². The molecule has 2 aliphatic rings. The first-order chi connectivity index (χ1) is 27.2. The fourth-order valence-corrected chi connectivity index (χ4v) is 9.50. The predicted molar refractivity (Wildman–Crippen MR) is 234 cm³/mol. The second kappa shape index (κ2) is 11.9. The first-order valence-electron chi connectivity index (χ1n) is 19.6. The van der Waals surface area contributed by atoms with Crippen molar-refractivity contribution >= 4 is 21.8 Å². The molecule has 0 bridgehead atoms. The normalized spacial score (nSPS) is 14.4. The summed E-state index contributed by atoms with van der Waals surface area (Å²) in [5.74, 6) is 0. The van der Waals surface area contributed by atoms with Crippen molar-refractivity contribution in [2.75, 3.05) is 0 Å². The molecule has 2 nitrogen and oxygen atoms in total. The molecule has 0 radical (unpaired) electrons. The molecule has 266 valence electrons. The van der Waals surface area contributed by atoms with E-state index >= 15 is 0 Å². The lowest BCUT2D eigenvalue weighted by atomic mass is 9.81. The highest BCUT2D eigenvalue weighted by Gasteiger charge is 2.37. The van der Waals surface area contributed by atoms with Crippen molar-refractivity contribution in [2.45, 2.75) is 38.5 Å². The van der Waals surface area contributed by atoms with Crippen LogP contribution in [0.15, 0.2) is 170 Å². The van der Waals surface area contributed by atoms with Crippen molar-refractivity contribution in [1.82, 2.24) is 9.97 Å². The van der Waals surface area contributed by atoms with Crippen molar-refractivity contribution in [1.29, 1.82) is 0 Å². The van der Waals surface area contributed by atoms with E-state index in [9.17, 15) is 0 Å². The van der Waals surface area contributed by atoms with E-state index in [0.29, 0.717) is 0 Å². The van der Waals surface area contributed by atoms with E-state index < -0.39 is 0 Å². The molecule has 2 aliphatic carbocycles. The molecule has 56 heavy (non-hydrogen) atoms. The Morgan fingerprint density at radius 2 is 0.625 bits per heavy atom. The molecule has 0 unspecified atom stereocenters. The predicted octanol–water partition coefficient (Wildman–Crippen LogP) is 14.1. The molecule has 2 aromatic heterocycles. The molecule has 2 heteroatoms. The highest BCUT2D eigenvalue weighted by Crippen LogP contribution is 2.52. The van der Waals surface area contributed by atoms with Gasteiger partial charge in [0.2, 0.25) is 0 Å². The Morgan fingerprint density at radius 1 is 0.304 bits per heavy atom. The second-order valence-electron chi connectivity index (χ2n) is 16.6. The van der Waals surface area contributed by atoms with Crippen LogP contribution in [-0.2, 0) is 10.8 Å². The number of benzene rings is 7. The molecule has 0 spiro atoms. The lowest BCUT2D eigenvalue weighted by Crippen LogP contribution is -2.15. The monoisotopic (exact) mass is 716 g/mol. The van der Waals surface area contributed by atoms with E-state index in [4.69, 9.17) is 9.97 Å². The Kier molecular flexibility index (Phi) is 6.98. The fourth-order valence-electron chi connectivity index (χ4n) is 9.50. The van der Waals surface area contributed by atoms with Gasteiger partial charge in [0.1, 0.15) is 0 Å². The van der Waals surface area contributed by atoms with Crippen LogP contribution in [0.4, 0.5) is 0 Å². The summed E-state index contributed by atoms with van der Waals surface area (Å²) >= 11 is 0. The first-order valence-corrected chi connectivity index (χ1v) is 19.6. The van der Waals surface area contributed by atoms with Gasteiger partial charge in [-0.15, -0.1) is 0 Å². The number of aromatic nitrogens is 2. The Morgan fingerprint density at radius 3 is 1.00 bits per heavy atom. The number of fused-ring (bicyclic) bond motifs is 9. The molecule has 0 amide bonds. The molecule has 0 aliphatic heterocycles. The van der Waals surface area contributed by atoms with Gasteiger partial charge in [-0.25, -0.2) is 9.97 Å². The minimum Gasteiger partial charge on any atom is -0.245 e. The number of hydrogen-bond donors (Lipinski definition) is 0. The zero-order valence-corrected chi connectivity index (χ0v) is 32.1. The highest BCUT2D eigenvalue weighted by atomic mass is 14.8. The van der Waals surface area contributed by atoms with Crippen molar-refractivity contribution in [3.8, 4) is 67.0 Å². The minimum atomic E-state index is -0.137. The second-order valence-corrected chi connectivity index (χ2v) is 16.6. The van der Waals surface area contributed by atoms with Crippen molar-refractivity contribution in [2.24, 2.45) is 0 Å². The summed E-state index contributed by atoms with van der Waals surface area (Å²) in [5.41, 5.74) is 21.4. The van der Waals surface area contributed by atoms with Gasteiger partial charge in [0.05, 0.1) is 22.4 Å². The fraction of sp³-hybridized carbons (Fsp3) is 0.111. The van der Waals surface area contributed by atoms with Crippen molar-refractivity contribution < 1.29 is 0 Å². The first kappa shape index (κ1) is 32.8. The molecular formula is C54H40N2. The quantitative estimate of drug-likeness (QED) is 0.170. The van der Waals surface area contributed by atoms with E-state index in [1.54, 1.807) is 0 Å². The Bertz CT molecular complexity index is 2850. The van der Waals surface area contributed by atoms with Crippen LogP contribution in [-0.4, -0.2) is 9.97 Å². The maximum Gasteiger partial charge on any atom is 0.0972 e. The van der Waals surface area contributed by atoms with E-state index in [1.807, 2.05) is 0 Å². The molecule has 11 rings (SSSR count). The average Bonchev–Trinajstić information content (AvgIpc) is 3.61. The molecular weight excluding hydrogens is 677 g/mol. The molecule has 0 saturated heterocycles. The van der Waals surface area contributed by atoms with Gasteiger partial charge in [-0.3, -0.25) is 0 Å². The molecule has 0 saturated carbocycles. The van der Waals surface area contributed by atoms with Crippen LogP contribution in [0.2, 0.25) is 0 Å². The zero-order valence-electron chi connectivity index (χ0n) is 32.1. The SMILES string of the molecule is CC1(C)c2cc(-c3ccccc3)ccc2-c2ccc(-c3ccc4ccc5ccc(-c6ccc7c(c6)C(C)(C)c6cc(-c8ccccc8)ccc6-7)nc5c4n3)cc21. The molecule has 2 heterocycles. The van der Waals surface area contributed by atoms with Crippen LogP contribution in [0.3, 0.4) is 0 Å². The zero-order chi connectivity index (χ0) is 37.8. The molecule has 9 aromatic rings. The average molecular weight is 717 g/mol. The van der Waals surface area contributed by atoms with Gasteiger partial charge in [-0.2, -0.15) is 0 Å². The van der Waals surface area contributed by atoms with Gasteiger partial charge >= 0.3 is 0 Å². The molecule has 0 atom stereocenters. The van der Waals surface area contributed by atoms with Crippen LogP contribution < -0.4 is 0 Å². The number of pyridine rings is 2. The summed E-state index contributed by atoms with van der Waals surface area (Å²) < 4.78 is 0. The van der Waals surface area contributed by atoms with Crippen LogP contribution in [0.5, 0.6) is 0 Å². The van der Waals surface area contributed by atoms with Gasteiger partial charge in [0.15, 0.2) is 0 Å². The summed E-state index contributed by atoms with van der Waals surface area (Å²) in [5, 5.41) is 2.18. The Labute approximate surface area is 328 Å². The van der Waals surface area contributed by atoms with E-state index in [1.165, 1.54) is 66.8 Å². The largest absolute Gasteiger partial charge is 0.245 e. The lowest BCUT2D eigenvalue weighted by molar-refractivity contribution is 0.660. The summed E-state index contributed by atoms with van der Waals surface area (Å²) in [6.07, 6.45) is 0. The van der Waals surface area contributed by atoms with E-state index in [2.05, 4.69) is 198 Å². The maximum absolute atomic E-state index is 5.36. The minimum absolute atomic E-state index is 0.137. The maximum atomic E-state index is 5.36. The summed E-state index contributed by atoms with van der Waals surface area (Å²) in [6, 6.07) is 62.1. The standard InChI is InChI=1S/C54H40N2/c1-53(2)45-29-37(33-11-7-5-8-12-33)17-23-41(45)43-25-19-39(31-47(43)53)49-27-21-35-15-16-36-22-28-50(56-52(36)51(35)55-49)40-20-26-44-42-24-18-38(34-13-9-6-10-14-34)30-46(42)54(3,4)48(44)32-40/h5-32H,1-4H3. The van der Waals surface area contributed by atoms with Gasteiger partial charge in [0.25, 0.3) is 0 Å². The third kappa shape index (κ3) is 4.88. The Hall–Kier alpha value is -6.64. The van der Waals surface area contributed by atoms with Gasteiger partial charge in [0, 0.05) is 32.7 Å². The number of rotatable bonds is 4. The number of nitrogens with zero attached hydrogens (tertiary/aromatic N) is 2. The molecule has 0 N–H and O–H groups in total. The third-order valence-corrected chi connectivity index (χ3v) is 12.7. The molecule has 0 fully saturated rings. The highest BCUT2D eigenvalue weighted by molar-refractivity contribution is 6.04. The van der Waals surface area contributed by atoms with Gasteiger partial charge in [-0.1, -0.05) is 161 Å².